The van der Waals surface area contributed by atoms with Gasteiger partial charge in [0.05, 0.1) is 5.38 Å². The standard InChI is InChI=1S/C22H27ClO/c1-2-3-4-5-9-12-22(24)21(23)17-18-13-15-20(16-14-18)19-10-7-6-8-11-19/h6-8,10-11,13-16,21H,2-5,9,12,17H2,1H3. The third kappa shape index (κ3) is 6.13. The van der Waals surface area contributed by atoms with Gasteiger partial charge in [-0.05, 0) is 29.5 Å². The van der Waals surface area contributed by atoms with Crippen LogP contribution in [0.1, 0.15) is 51.0 Å². The first-order valence-corrected chi connectivity index (χ1v) is 9.45. The molecule has 0 spiro atoms. The zero-order valence-electron chi connectivity index (χ0n) is 14.5. The summed E-state index contributed by atoms with van der Waals surface area (Å²) in [4.78, 5) is 12.1. The number of hydrogen-bond acceptors (Lipinski definition) is 1. The van der Waals surface area contributed by atoms with Gasteiger partial charge in [-0.1, -0.05) is 87.2 Å². The summed E-state index contributed by atoms with van der Waals surface area (Å²) in [6, 6.07) is 18.6. The van der Waals surface area contributed by atoms with Crippen molar-refractivity contribution in [2.75, 3.05) is 0 Å². The molecule has 0 heterocycles. The predicted octanol–water partition coefficient (Wildman–Crippen LogP) is 6.43. The lowest BCUT2D eigenvalue weighted by atomic mass is 10.00. The Bertz CT molecular complexity index is 604. The highest BCUT2D eigenvalue weighted by Gasteiger charge is 2.15. The third-order valence-corrected chi connectivity index (χ3v) is 4.75. The topological polar surface area (TPSA) is 17.1 Å². The summed E-state index contributed by atoms with van der Waals surface area (Å²) in [5.74, 6) is 0.181. The lowest BCUT2D eigenvalue weighted by Crippen LogP contribution is -2.17. The van der Waals surface area contributed by atoms with E-state index in [0.717, 1.165) is 18.4 Å². The van der Waals surface area contributed by atoms with E-state index in [9.17, 15) is 4.79 Å². The van der Waals surface area contributed by atoms with Crippen LogP contribution in [0.25, 0.3) is 11.1 Å². The maximum atomic E-state index is 12.1. The minimum atomic E-state index is -0.404. The summed E-state index contributed by atoms with van der Waals surface area (Å²) < 4.78 is 0. The zero-order chi connectivity index (χ0) is 17.2. The fourth-order valence-corrected chi connectivity index (χ4v) is 3.13. The molecular formula is C22H27ClO. The Hall–Kier alpha value is -1.60. The molecule has 0 aromatic heterocycles. The van der Waals surface area contributed by atoms with Crippen molar-refractivity contribution in [2.45, 2.75) is 57.2 Å². The molecule has 0 radical (unpaired) electrons. The second kappa shape index (κ2) is 10.3. The lowest BCUT2D eigenvalue weighted by molar-refractivity contribution is -0.118. The summed E-state index contributed by atoms with van der Waals surface area (Å²) in [5, 5.41) is -0.404. The van der Waals surface area contributed by atoms with Crippen molar-refractivity contribution in [2.24, 2.45) is 0 Å². The highest BCUT2D eigenvalue weighted by molar-refractivity contribution is 6.31. The van der Waals surface area contributed by atoms with E-state index >= 15 is 0 Å². The molecule has 1 nitrogen and oxygen atoms in total. The average Bonchev–Trinajstić information content (AvgIpc) is 2.62. The van der Waals surface area contributed by atoms with Gasteiger partial charge in [0.1, 0.15) is 0 Å². The SMILES string of the molecule is CCCCCCCC(=O)C(Cl)Cc1ccc(-c2ccccc2)cc1. The van der Waals surface area contributed by atoms with Crippen molar-refractivity contribution in [3.63, 3.8) is 0 Å². The predicted molar refractivity (Wildman–Crippen MR) is 104 cm³/mol. The Morgan fingerprint density at radius 2 is 1.50 bits per heavy atom. The number of halogens is 1. The highest BCUT2D eigenvalue weighted by atomic mass is 35.5. The number of unbranched alkanes of at least 4 members (excludes halogenated alkanes) is 4. The molecule has 0 N–H and O–H groups in total. The molecule has 2 aromatic carbocycles. The molecule has 2 heteroatoms. The Labute approximate surface area is 151 Å². The number of hydrogen-bond donors (Lipinski definition) is 0. The number of alkyl halides is 1. The fourth-order valence-electron chi connectivity index (χ4n) is 2.84. The van der Waals surface area contributed by atoms with Gasteiger partial charge in [-0.3, -0.25) is 4.79 Å². The van der Waals surface area contributed by atoms with E-state index in [2.05, 4.69) is 43.3 Å². The number of Topliss-reactive ketones (excluding diaryl/α,β-unsaturated/α-hetero) is 1. The number of benzene rings is 2. The zero-order valence-corrected chi connectivity index (χ0v) is 15.3. The van der Waals surface area contributed by atoms with E-state index in [1.54, 1.807) is 0 Å². The quantitative estimate of drug-likeness (QED) is 0.359. The van der Waals surface area contributed by atoms with E-state index in [0.29, 0.717) is 12.8 Å². The maximum absolute atomic E-state index is 12.1. The molecule has 0 bridgehead atoms. The van der Waals surface area contributed by atoms with Crippen molar-refractivity contribution in [3.8, 4) is 11.1 Å². The Morgan fingerprint density at radius 3 is 2.17 bits per heavy atom. The van der Waals surface area contributed by atoms with Crippen molar-refractivity contribution in [1.29, 1.82) is 0 Å². The van der Waals surface area contributed by atoms with Crippen LogP contribution in [0.3, 0.4) is 0 Å². The summed E-state index contributed by atoms with van der Waals surface area (Å²) >= 11 is 6.31. The van der Waals surface area contributed by atoms with Crippen molar-refractivity contribution >= 4 is 17.4 Å². The van der Waals surface area contributed by atoms with E-state index in [4.69, 9.17) is 11.6 Å². The minimum Gasteiger partial charge on any atom is -0.298 e. The van der Waals surface area contributed by atoms with Crippen LogP contribution in [-0.4, -0.2) is 11.2 Å². The summed E-state index contributed by atoms with van der Waals surface area (Å²) in [6.07, 6.45) is 7.03. The smallest absolute Gasteiger partial charge is 0.151 e. The first-order chi connectivity index (χ1) is 11.7. The van der Waals surface area contributed by atoms with Crippen molar-refractivity contribution in [1.82, 2.24) is 0 Å². The van der Waals surface area contributed by atoms with Crippen LogP contribution < -0.4 is 0 Å². The van der Waals surface area contributed by atoms with Crippen LogP contribution in [0.5, 0.6) is 0 Å². The summed E-state index contributed by atoms with van der Waals surface area (Å²) in [5.41, 5.74) is 3.51. The number of ketones is 1. The van der Waals surface area contributed by atoms with E-state index < -0.39 is 5.38 Å². The van der Waals surface area contributed by atoms with Gasteiger partial charge < -0.3 is 0 Å². The third-order valence-electron chi connectivity index (χ3n) is 4.35. The molecule has 2 aromatic rings. The Morgan fingerprint density at radius 1 is 0.875 bits per heavy atom. The molecule has 0 aliphatic rings. The molecule has 128 valence electrons. The van der Waals surface area contributed by atoms with E-state index in [1.165, 1.54) is 30.4 Å². The van der Waals surface area contributed by atoms with Crippen molar-refractivity contribution < 1.29 is 4.79 Å². The Kier molecular flexibility index (Phi) is 8.04. The number of carbonyl (C=O) groups excluding carboxylic acids is 1. The molecule has 0 aliphatic heterocycles. The first kappa shape index (κ1) is 18.7. The largest absolute Gasteiger partial charge is 0.298 e. The molecule has 0 saturated carbocycles. The Balaban J connectivity index is 1.81. The van der Waals surface area contributed by atoms with Crippen LogP contribution in [0.4, 0.5) is 0 Å². The van der Waals surface area contributed by atoms with Gasteiger partial charge >= 0.3 is 0 Å². The number of carbonyl (C=O) groups is 1. The van der Waals surface area contributed by atoms with E-state index in [1.807, 2.05) is 18.2 Å². The first-order valence-electron chi connectivity index (χ1n) is 9.02. The van der Waals surface area contributed by atoms with Gasteiger partial charge in [0.25, 0.3) is 0 Å². The lowest BCUT2D eigenvalue weighted by Gasteiger charge is -2.10. The average molecular weight is 343 g/mol. The molecule has 0 aliphatic carbocycles. The van der Waals surface area contributed by atoms with Crippen LogP contribution in [0.2, 0.25) is 0 Å². The molecule has 0 fully saturated rings. The molecule has 0 saturated heterocycles. The van der Waals surface area contributed by atoms with Crippen LogP contribution in [0, 0.1) is 0 Å². The summed E-state index contributed by atoms with van der Waals surface area (Å²) in [7, 11) is 0. The van der Waals surface area contributed by atoms with Gasteiger partial charge in [-0.15, -0.1) is 11.6 Å². The number of rotatable bonds is 10. The van der Waals surface area contributed by atoms with Crippen molar-refractivity contribution in [3.05, 3.63) is 60.2 Å². The van der Waals surface area contributed by atoms with E-state index in [-0.39, 0.29) is 5.78 Å². The normalized spacial score (nSPS) is 12.1. The monoisotopic (exact) mass is 342 g/mol. The molecule has 24 heavy (non-hydrogen) atoms. The molecular weight excluding hydrogens is 316 g/mol. The van der Waals surface area contributed by atoms with Gasteiger partial charge in [-0.2, -0.15) is 0 Å². The molecule has 1 atom stereocenters. The van der Waals surface area contributed by atoms with Gasteiger partial charge in [0.2, 0.25) is 0 Å². The van der Waals surface area contributed by atoms with Gasteiger partial charge in [0, 0.05) is 6.42 Å². The fraction of sp³-hybridized carbons (Fsp3) is 0.409. The highest BCUT2D eigenvalue weighted by Crippen LogP contribution is 2.21. The summed E-state index contributed by atoms with van der Waals surface area (Å²) in [6.45, 7) is 2.20. The van der Waals surface area contributed by atoms with Gasteiger partial charge in [-0.25, -0.2) is 0 Å². The van der Waals surface area contributed by atoms with Crippen LogP contribution in [0.15, 0.2) is 54.6 Å². The molecule has 2 rings (SSSR count). The van der Waals surface area contributed by atoms with Crippen LogP contribution >= 0.6 is 11.6 Å². The second-order valence-corrected chi connectivity index (χ2v) is 6.89. The van der Waals surface area contributed by atoms with Gasteiger partial charge in [0.15, 0.2) is 5.78 Å². The van der Waals surface area contributed by atoms with Crippen LogP contribution in [-0.2, 0) is 11.2 Å². The minimum absolute atomic E-state index is 0.181. The molecule has 0 amide bonds. The molecule has 1 unspecified atom stereocenters. The second-order valence-electron chi connectivity index (χ2n) is 6.37. The maximum Gasteiger partial charge on any atom is 0.151 e.